The van der Waals surface area contributed by atoms with Crippen molar-refractivity contribution in [3.63, 3.8) is 0 Å². The van der Waals surface area contributed by atoms with Gasteiger partial charge in [-0.25, -0.2) is 4.79 Å². The lowest BCUT2D eigenvalue weighted by Gasteiger charge is -2.05. The molecular formula is C17H9BrCl2N2O4S. The van der Waals surface area contributed by atoms with Crippen LogP contribution in [0.1, 0.15) is 5.56 Å². The van der Waals surface area contributed by atoms with Crippen LogP contribution in [0.5, 0.6) is 5.75 Å². The zero-order valence-corrected chi connectivity index (χ0v) is 17.1. The van der Waals surface area contributed by atoms with Crippen molar-refractivity contribution in [3.05, 3.63) is 61.4 Å². The van der Waals surface area contributed by atoms with Crippen molar-refractivity contribution in [1.82, 2.24) is 10.2 Å². The largest absolute Gasteiger partial charge is 0.506 e. The van der Waals surface area contributed by atoms with Crippen LogP contribution in [-0.4, -0.2) is 26.4 Å². The summed E-state index contributed by atoms with van der Waals surface area (Å²) in [6, 6.07) is 9.71. The number of hydrogen-bond acceptors (Lipinski definition) is 6. The monoisotopic (exact) mass is 486 g/mol. The first-order valence-corrected chi connectivity index (χ1v) is 9.60. The van der Waals surface area contributed by atoms with Crippen LogP contribution in [0.15, 0.2) is 55.4 Å². The fourth-order valence-electron chi connectivity index (χ4n) is 2.03. The molecule has 3 rings (SSSR count). The van der Waals surface area contributed by atoms with Crippen molar-refractivity contribution in [2.75, 3.05) is 0 Å². The third kappa shape index (κ3) is 4.84. The van der Waals surface area contributed by atoms with Gasteiger partial charge in [-0.3, -0.25) is 0 Å². The maximum absolute atomic E-state index is 11.6. The second-order valence-electron chi connectivity index (χ2n) is 5.12. The van der Waals surface area contributed by atoms with Gasteiger partial charge in [-0.2, -0.15) is 0 Å². The SMILES string of the molecule is O=C(O)/C(=C/c1cc(Cl)cc(Br)c1O)Sc1nnc(-c2ccc(Cl)cc2)o1. The molecule has 0 fully saturated rings. The van der Waals surface area contributed by atoms with Crippen LogP contribution in [0.3, 0.4) is 0 Å². The third-order valence-corrected chi connectivity index (χ3v) is 5.18. The predicted molar refractivity (Wildman–Crippen MR) is 107 cm³/mol. The van der Waals surface area contributed by atoms with Crippen LogP contribution in [0.25, 0.3) is 17.5 Å². The van der Waals surface area contributed by atoms with E-state index in [2.05, 4.69) is 26.1 Å². The van der Waals surface area contributed by atoms with E-state index in [4.69, 9.17) is 27.6 Å². The van der Waals surface area contributed by atoms with Crippen LogP contribution in [0.4, 0.5) is 0 Å². The lowest BCUT2D eigenvalue weighted by Crippen LogP contribution is -1.97. The number of carboxylic acids is 1. The smallest absolute Gasteiger partial charge is 0.342 e. The van der Waals surface area contributed by atoms with Crippen LogP contribution in [0.2, 0.25) is 10.0 Å². The van der Waals surface area contributed by atoms with Crippen molar-refractivity contribution in [1.29, 1.82) is 0 Å². The van der Waals surface area contributed by atoms with Crippen LogP contribution in [0, 0.1) is 0 Å². The fraction of sp³-hybridized carbons (Fsp3) is 0. The molecule has 2 aromatic carbocycles. The molecule has 0 radical (unpaired) electrons. The van der Waals surface area contributed by atoms with E-state index in [9.17, 15) is 15.0 Å². The highest BCUT2D eigenvalue weighted by Gasteiger charge is 2.17. The maximum atomic E-state index is 11.6. The Labute approximate surface area is 176 Å². The Balaban J connectivity index is 1.90. The number of thioether (sulfide) groups is 1. The Morgan fingerprint density at radius 1 is 1.15 bits per heavy atom. The zero-order chi connectivity index (χ0) is 19.6. The highest BCUT2D eigenvalue weighted by atomic mass is 79.9. The Morgan fingerprint density at radius 2 is 1.85 bits per heavy atom. The number of halogens is 3. The molecule has 0 amide bonds. The molecule has 0 aliphatic heterocycles. The van der Waals surface area contributed by atoms with Crippen LogP contribution >= 0.6 is 50.9 Å². The number of phenols is 1. The Morgan fingerprint density at radius 3 is 2.52 bits per heavy atom. The Bertz CT molecular complexity index is 1040. The summed E-state index contributed by atoms with van der Waals surface area (Å²) in [6.45, 7) is 0. The second kappa shape index (κ2) is 8.35. The van der Waals surface area contributed by atoms with Crippen LogP contribution < -0.4 is 0 Å². The average molecular weight is 488 g/mol. The minimum absolute atomic E-state index is 0.0363. The van der Waals surface area contributed by atoms with Gasteiger partial charge in [0, 0.05) is 21.2 Å². The normalized spacial score (nSPS) is 11.6. The number of carboxylic acid groups (broad SMARTS) is 1. The molecule has 0 bridgehead atoms. The number of benzene rings is 2. The lowest BCUT2D eigenvalue weighted by atomic mass is 10.2. The van der Waals surface area contributed by atoms with Gasteiger partial charge in [0.1, 0.15) is 10.7 Å². The van der Waals surface area contributed by atoms with Gasteiger partial charge in [0.05, 0.1) is 4.47 Å². The highest BCUT2D eigenvalue weighted by molar-refractivity contribution is 9.10. The first-order valence-electron chi connectivity index (χ1n) is 7.24. The number of hydrogen-bond donors (Lipinski definition) is 2. The molecule has 3 aromatic rings. The number of nitrogens with zero attached hydrogens (tertiary/aromatic N) is 2. The zero-order valence-electron chi connectivity index (χ0n) is 13.2. The average Bonchev–Trinajstić information content (AvgIpc) is 3.07. The molecule has 0 aliphatic rings. The standard InChI is InChI=1S/C17H9BrCl2N2O4S/c18-12-7-11(20)5-9(14(12)23)6-13(16(24)25)27-17-22-21-15(26-17)8-1-3-10(19)4-2-8/h1-7,23H,(H,24,25)/b13-6-. The van der Waals surface area contributed by atoms with E-state index in [1.165, 1.54) is 18.2 Å². The summed E-state index contributed by atoms with van der Waals surface area (Å²) in [5.74, 6) is -1.12. The van der Waals surface area contributed by atoms with E-state index >= 15 is 0 Å². The molecule has 6 nitrogen and oxygen atoms in total. The number of rotatable bonds is 5. The van der Waals surface area contributed by atoms with Crippen molar-refractivity contribution >= 4 is 62.9 Å². The van der Waals surface area contributed by atoms with Gasteiger partial charge in [-0.05, 0) is 70.2 Å². The molecule has 0 spiro atoms. The van der Waals surface area contributed by atoms with E-state index in [0.717, 1.165) is 11.8 Å². The van der Waals surface area contributed by atoms with Gasteiger partial charge < -0.3 is 14.6 Å². The molecule has 27 heavy (non-hydrogen) atoms. The number of aromatic hydroxyl groups is 1. The molecule has 1 heterocycles. The summed E-state index contributed by atoms with van der Waals surface area (Å²) in [7, 11) is 0. The maximum Gasteiger partial charge on any atom is 0.342 e. The van der Waals surface area contributed by atoms with Crippen molar-refractivity contribution in [2.45, 2.75) is 5.22 Å². The Hall–Kier alpha value is -2.00. The molecule has 0 aliphatic carbocycles. The van der Waals surface area contributed by atoms with Gasteiger partial charge in [-0.1, -0.05) is 23.2 Å². The molecule has 0 atom stereocenters. The van der Waals surface area contributed by atoms with E-state index < -0.39 is 5.97 Å². The molecule has 0 unspecified atom stereocenters. The number of phenolic OH excluding ortho intramolecular Hbond substituents is 1. The minimum atomic E-state index is -1.22. The summed E-state index contributed by atoms with van der Waals surface area (Å²) in [6.07, 6.45) is 1.27. The predicted octanol–water partition coefficient (Wildman–Crippen LogP) is 5.73. The van der Waals surface area contributed by atoms with Crippen LogP contribution in [-0.2, 0) is 4.79 Å². The topological polar surface area (TPSA) is 96.5 Å². The molecule has 0 saturated carbocycles. The number of aromatic nitrogens is 2. The molecule has 2 N–H and O–H groups in total. The fourth-order valence-corrected chi connectivity index (χ4v) is 3.65. The summed E-state index contributed by atoms with van der Waals surface area (Å²) in [5, 5.41) is 28.2. The highest BCUT2D eigenvalue weighted by Crippen LogP contribution is 2.36. The first kappa shape index (κ1) is 19.8. The summed E-state index contributed by atoms with van der Waals surface area (Å²) < 4.78 is 5.85. The third-order valence-electron chi connectivity index (χ3n) is 3.25. The van der Waals surface area contributed by atoms with Gasteiger partial charge in [0.25, 0.3) is 5.22 Å². The molecule has 138 valence electrons. The lowest BCUT2D eigenvalue weighted by molar-refractivity contribution is -0.131. The van der Waals surface area contributed by atoms with E-state index in [1.54, 1.807) is 24.3 Å². The number of carbonyl (C=O) groups is 1. The van der Waals surface area contributed by atoms with E-state index in [-0.39, 0.29) is 27.3 Å². The van der Waals surface area contributed by atoms with E-state index in [1.807, 2.05) is 0 Å². The van der Waals surface area contributed by atoms with Crippen molar-refractivity contribution in [2.24, 2.45) is 0 Å². The number of aliphatic carboxylic acids is 1. The quantitative estimate of drug-likeness (QED) is 0.350. The summed E-state index contributed by atoms with van der Waals surface area (Å²) in [5.41, 5.74) is 0.882. The Kier molecular flexibility index (Phi) is 6.11. The van der Waals surface area contributed by atoms with Gasteiger partial charge >= 0.3 is 5.97 Å². The van der Waals surface area contributed by atoms with Gasteiger partial charge in [0.2, 0.25) is 5.89 Å². The second-order valence-corrected chi connectivity index (χ2v) is 7.84. The first-order chi connectivity index (χ1) is 12.8. The van der Waals surface area contributed by atoms with Crippen molar-refractivity contribution in [3.8, 4) is 17.2 Å². The van der Waals surface area contributed by atoms with Crippen molar-refractivity contribution < 1.29 is 19.4 Å². The molecule has 0 saturated heterocycles. The van der Waals surface area contributed by atoms with Gasteiger partial charge in [0.15, 0.2) is 0 Å². The molecular weight excluding hydrogens is 479 g/mol. The molecule has 10 heteroatoms. The summed E-state index contributed by atoms with van der Waals surface area (Å²) in [4.78, 5) is 11.5. The minimum Gasteiger partial charge on any atom is -0.506 e. The summed E-state index contributed by atoms with van der Waals surface area (Å²) >= 11 is 15.7. The molecule has 1 aromatic heterocycles. The van der Waals surface area contributed by atoms with E-state index in [0.29, 0.717) is 20.1 Å². The van der Waals surface area contributed by atoms with Gasteiger partial charge in [-0.15, -0.1) is 10.2 Å².